The Morgan fingerprint density at radius 1 is 1.54 bits per heavy atom. The van der Waals surface area contributed by atoms with Gasteiger partial charge in [0.1, 0.15) is 5.82 Å². The molecule has 0 saturated heterocycles. The lowest BCUT2D eigenvalue weighted by molar-refractivity contribution is 1.11. The highest BCUT2D eigenvalue weighted by molar-refractivity contribution is 7.13. The maximum atomic E-state index is 5.61. The van der Waals surface area contributed by atoms with Crippen molar-refractivity contribution in [2.24, 2.45) is 0 Å². The number of H-pyrrole nitrogens is 1. The average molecular weight is 216 g/mol. The molecule has 2 rings (SSSR count). The van der Waals surface area contributed by atoms with E-state index in [-0.39, 0.29) is 12.4 Å². The lowest BCUT2D eigenvalue weighted by atomic mass is 10.2. The summed E-state index contributed by atoms with van der Waals surface area (Å²) in [6.45, 7) is 1.97. The number of aromatic amines is 1. The second-order valence-corrected chi connectivity index (χ2v) is 3.53. The highest BCUT2D eigenvalue weighted by atomic mass is 35.5. The number of nitrogens with zero attached hydrogens (tertiary/aromatic N) is 1. The molecule has 0 atom stereocenters. The first-order chi connectivity index (χ1) is 5.79. The van der Waals surface area contributed by atoms with E-state index in [4.69, 9.17) is 5.73 Å². The minimum atomic E-state index is 0. The zero-order valence-electron chi connectivity index (χ0n) is 7.07. The minimum absolute atomic E-state index is 0. The van der Waals surface area contributed by atoms with E-state index in [0.717, 1.165) is 11.3 Å². The third kappa shape index (κ3) is 1.68. The predicted octanol–water partition coefficient (Wildman–Crippen LogP) is 2.45. The van der Waals surface area contributed by atoms with Gasteiger partial charge in [0.2, 0.25) is 0 Å². The molecule has 3 N–H and O–H groups in total. The van der Waals surface area contributed by atoms with Crippen LogP contribution in [0.1, 0.15) is 5.56 Å². The Morgan fingerprint density at radius 2 is 2.31 bits per heavy atom. The van der Waals surface area contributed by atoms with Crippen molar-refractivity contribution in [1.82, 2.24) is 10.2 Å². The number of anilines is 1. The van der Waals surface area contributed by atoms with Crippen LogP contribution in [-0.4, -0.2) is 10.2 Å². The van der Waals surface area contributed by atoms with Gasteiger partial charge in [-0.15, -0.1) is 23.7 Å². The van der Waals surface area contributed by atoms with Gasteiger partial charge in [-0.1, -0.05) is 6.07 Å². The third-order valence-electron chi connectivity index (χ3n) is 1.81. The van der Waals surface area contributed by atoms with Gasteiger partial charge in [-0.3, -0.25) is 5.10 Å². The maximum absolute atomic E-state index is 5.61. The average Bonchev–Trinajstić information content (AvgIpc) is 2.64. The summed E-state index contributed by atoms with van der Waals surface area (Å²) < 4.78 is 0. The predicted molar refractivity (Wildman–Crippen MR) is 58.3 cm³/mol. The number of aromatic nitrogens is 2. The first-order valence-corrected chi connectivity index (χ1v) is 4.51. The van der Waals surface area contributed by atoms with Gasteiger partial charge in [-0.2, -0.15) is 5.10 Å². The molecule has 0 aliphatic rings. The van der Waals surface area contributed by atoms with Crippen molar-refractivity contribution in [3.05, 3.63) is 23.1 Å². The van der Waals surface area contributed by atoms with Crippen LogP contribution >= 0.6 is 23.7 Å². The molecule has 0 bridgehead atoms. The summed E-state index contributed by atoms with van der Waals surface area (Å²) in [5.41, 5.74) is 7.66. The minimum Gasteiger partial charge on any atom is -0.382 e. The molecular formula is C8H10ClN3S. The fourth-order valence-electron chi connectivity index (χ4n) is 1.07. The quantitative estimate of drug-likeness (QED) is 0.768. The van der Waals surface area contributed by atoms with Crippen LogP contribution in [0.5, 0.6) is 0 Å². The second kappa shape index (κ2) is 3.81. The summed E-state index contributed by atoms with van der Waals surface area (Å²) in [4.78, 5) is 1.18. The Bertz CT molecular complexity index is 380. The molecule has 0 unspecified atom stereocenters. The first-order valence-electron chi connectivity index (χ1n) is 3.63. The lowest BCUT2D eigenvalue weighted by Crippen LogP contribution is -1.85. The summed E-state index contributed by atoms with van der Waals surface area (Å²) in [7, 11) is 0. The SMILES string of the molecule is Cc1c(N)n[nH]c1-c1cccs1.Cl. The fourth-order valence-corrected chi connectivity index (χ4v) is 1.85. The molecule has 0 fully saturated rings. The Labute approximate surface area is 86.4 Å². The van der Waals surface area contributed by atoms with Crippen LogP contribution in [0.4, 0.5) is 5.82 Å². The zero-order valence-corrected chi connectivity index (χ0v) is 8.71. The van der Waals surface area contributed by atoms with Gasteiger partial charge in [-0.05, 0) is 18.4 Å². The van der Waals surface area contributed by atoms with Crippen LogP contribution in [0.3, 0.4) is 0 Å². The van der Waals surface area contributed by atoms with Crippen LogP contribution in [0, 0.1) is 6.92 Å². The van der Waals surface area contributed by atoms with Crippen molar-refractivity contribution < 1.29 is 0 Å². The standard InChI is InChI=1S/C8H9N3S.ClH/c1-5-7(10-11-8(5)9)6-3-2-4-12-6;/h2-4H,1H3,(H3,9,10,11);1H. The summed E-state index contributed by atoms with van der Waals surface area (Å²) in [5, 5.41) is 8.88. The van der Waals surface area contributed by atoms with Gasteiger partial charge < -0.3 is 5.73 Å². The number of hydrogen-bond donors (Lipinski definition) is 2. The van der Waals surface area contributed by atoms with E-state index in [2.05, 4.69) is 10.2 Å². The van der Waals surface area contributed by atoms with Gasteiger partial charge in [-0.25, -0.2) is 0 Å². The smallest absolute Gasteiger partial charge is 0.148 e. The molecule has 5 heteroatoms. The Morgan fingerprint density at radius 3 is 2.77 bits per heavy atom. The van der Waals surface area contributed by atoms with Crippen molar-refractivity contribution >= 4 is 29.6 Å². The van der Waals surface area contributed by atoms with Gasteiger partial charge in [0.25, 0.3) is 0 Å². The van der Waals surface area contributed by atoms with Crippen molar-refractivity contribution in [1.29, 1.82) is 0 Å². The number of hydrogen-bond acceptors (Lipinski definition) is 3. The topological polar surface area (TPSA) is 54.7 Å². The Hall–Kier alpha value is -1.000. The zero-order chi connectivity index (χ0) is 8.55. The summed E-state index contributed by atoms with van der Waals surface area (Å²) in [6, 6.07) is 4.06. The molecule has 3 nitrogen and oxygen atoms in total. The molecule has 0 aliphatic heterocycles. The molecule has 13 heavy (non-hydrogen) atoms. The van der Waals surface area contributed by atoms with Crippen LogP contribution in [0.25, 0.3) is 10.6 Å². The molecule has 2 aromatic rings. The van der Waals surface area contributed by atoms with E-state index < -0.39 is 0 Å². The largest absolute Gasteiger partial charge is 0.382 e. The van der Waals surface area contributed by atoms with E-state index in [9.17, 15) is 0 Å². The number of rotatable bonds is 1. The van der Waals surface area contributed by atoms with Crippen molar-refractivity contribution in [2.75, 3.05) is 5.73 Å². The number of thiophene rings is 1. The number of nitrogens with two attached hydrogens (primary N) is 1. The van der Waals surface area contributed by atoms with Gasteiger partial charge >= 0.3 is 0 Å². The van der Waals surface area contributed by atoms with Crippen molar-refractivity contribution in [3.63, 3.8) is 0 Å². The van der Waals surface area contributed by atoms with Crippen LogP contribution < -0.4 is 5.73 Å². The number of nitrogens with one attached hydrogen (secondary N) is 1. The summed E-state index contributed by atoms with van der Waals surface area (Å²) >= 11 is 1.68. The van der Waals surface area contributed by atoms with Gasteiger partial charge in [0, 0.05) is 5.56 Å². The lowest BCUT2D eigenvalue weighted by Gasteiger charge is -1.92. The first kappa shape index (κ1) is 10.1. The molecule has 0 aromatic carbocycles. The van der Waals surface area contributed by atoms with E-state index in [1.807, 2.05) is 24.4 Å². The van der Waals surface area contributed by atoms with Crippen LogP contribution in [-0.2, 0) is 0 Å². The molecule has 0 radical (unpaired) electrons. The van der Waals surface area contributed by atoms with E-state index in [1.54, 1.807) is 11.3 Å². The van der Waals surface area contributed by atoms with E-state index in [1.165, 1.54) is 4.88 Å². The van der Waals surface area contributed by atoms with Gasteiger partial charge in [0.15, 0.2) is 0 Å². The Balaban J connectivity index is 0.000000845. The normalized spacial score (nSPS) is 9.62. The number of halogens is 1. The van der Waals surface area contributed by atoms with Gasteiger partial charge in [0.05, 0.1) is 10.6 Å². The molecule has 70 valence electrons. The third-order valence-corrected chi connectivity index (χ3v) is 2.70. The molecule has 2 heterocycles. The monoisotopic (exact) mass is 215 g/mol. The molecule has 0 saturated carbocycles. The number of nitrogen functional groups attached to an aromatic ring is 1. The van der Waals surface area contributed by atoms with E-state index in [0.29, 0.717) is 5.82 Å². The second-order valence-electron chi connectivity index (χ2n) is 2.59. The molecule has 2 aromatic heterocycles. The highest BCUT2D eigenvalue weighted by Crippen LogP contribution is 2.27. The fraction of sp³-hybridized carbons (Fsp3) is 0.125. The van der Waals surface area contributed by atoms with Crippen molar-refractivity contribution in [3.8, 4) is 10.6 Å². The molecule has 0 amide bonds. The highest BCUT2D eigenvalue weighted by Gasteiger charge is 2.07. The molecule has 0 spiro atoms. The van der Waals surface area contributed by atoms with E-state index >= 15 is 0 Å². The Kier molecular flexibility index (Phi) is 2.95. The van der Waals surface area contributed by atoms with Crippen molar-refractivity contribution in [2.45, 2.75) is 6.92 Å². The molecular weight excluding hydrogens is 206 g/mol. The summed E-state index contributed by atoms with van der Waals surface area (Å²) in [5.74, 6) is 0.582. The maximum Gasteiger partial charge on any atom is 0.148 e. The summed E-state index contributed by atoms with van der Waals surface area (Å²) in [6.07, 6.45) is 0. The van der Waals surface area contributed by atoms with Crippen LogP contribution in [0.2, 0.25) is 0 Å². The van der Waals surface area contributed by atoms with Crippen LogP contribution in [0.15, 0.2) is 17.5 Å². The molecule has 0 aliphatic carbocycles.